The third-order valence-corrected chi connectivity index (χ3v) is 3.25. The number of halogens is 1. The van der Waals surface area contributed by atoms with Crippen LogP contribution >= 0.6 is 0 Å². The lowest BCUT2D eigenvalue weighted by Gasteiger charge is -2.37. The van der Waals surface area contributed by atoms with E-state index in [0.717, 1.165) is 0 Å². The SMILES string of the molecule is CC1(C)NCCN(CC(=O)Nc2ccccc2F)C1=O. The average molecular weight is 279 g/mol. The van der Waals surface area contributed by atoms with Gasteiger partial charge in [-0.25, -0.2) is 4.39 Å². The van der Waals surface area contributed by atoms with Crippen LogP contribution in [0.25, 0.3) is 0 Å². The van der Waals surface area contributed by atoms with Gasteiger partial charge in [-0.05, 0) is 26.0 Å². The van der Waals surface area contributed by atoms with Crippen LogP contribution < -0.4 is 10.6 Å². The summed E-state index contributed by atoms with van der Waals surface area (Å²) in [5.41, 5.74) is -0.546. The van der Waals surface area contributed by atoms with Crippen molar-refractivity contribution >= 4 is 17.5 Å². The zero-order valence-electron chi connectivity index (χ0n) is 11.6. The number of piperazine rings is 1. The van der Waals surface area contributed by atoms with Gasteiger partial charge in [0, 0.05) is 13.1 Å². The molecule has 1 aromatic rings. The predicted molar refractivity (Wildman–Crippen MR) is 73.7 cm³/mol. The molecule has 1 aromatic carbocycles. The highest BCUT2D eigenvalue weighted by molar-refractivity contribution is 5.96. The summed E-state index contributed by atoms with van der Waals surface area (Å²) < 4.78 is 13.4. The number of hydrogen-bond donors (Lipinski definition) is 2. The summed E-state index contributed by atoms with van der Waals surface area (Å²) >= 11 is 0. The Hall–Kier alpha value is -1.95. The Morgan fingerprint density at radius 3 is 2.85 bits per heavy atom. The average Bonchev–Trinajstić information content (AvgIpc) is 2.38. The lowest BCUT2D eigenvalue weighted by molar-refractivity contribution is -0.142. The number of nitrogens with zero attached hydrogens (tertiary/aromatic N) is 1. The molecule has 1 fully saturated rings. The molecular weight excluding hydrogens is 261 g/mol. The minimum atomic E-state index is -0.670. The van der Waals surface area contributed by atoms with Crippen LogP contribution in [0.1, 0.15) is 13.8 Å². The summed E-state index contributed by atoms with van der Waals surface area (Å²) in [6.45, 7) is 4.57. The van der Waals surface area contributed by atoms with Crippen LogP contribution in [-0.2, 0) is 9.59 Å². The maximum absolute atomic E-state index is 13.4. The van der Waals surface area contributed by atoms with Gasteiger partial charge in [0.05, 0.1) is 17.8 Å². The van der Waals surface area contributed by atoms with Crippen LogP contribution in [0.5, 0.6) is 0 Å². The van der Waals surface area contributed by atoms with E-state index < -0.39 is 17.3 Å². The van der Waals surface area contributed by atoms with E-state index in [2.05, 4.69) is 10.6 Å². The van der Waals surface area contributed by atoms with Crippen molar-refractivity contribution in [1.82, 2.24) is 10.2 Å². The van der Waals surface area contributed by atoms with Crippen molar-refractivity contribution in [3.63, 3.8) is 0 Å². The van der Waals surface area contributed by atoms with Crippen molar-refractivity contribution < 1.29 is 14.0 Å². The quantitative estimate of drug-likeness (QED) is 0.867. The fourth-order valence-electron chi connectivity index (χ4n) is 2.15. The zero-order chi connectivity index (χ0) is 14.8. The van der Waals surface area contributed by atoms with Crippen LogP contribution in [-0.4, -0.2) is 41.9 Å². The molecule has 1 saturated heterocycles. The number of amides is 2. The molecule has 1 heterocycles. The van der Waals surface area contributed by atoms with E-state index in [9.17, 15) is 14.0 Å². The van der Waals surface area contributed by atoms with Crippen molar-refractivity contribution in [3.8, 4) is 0 Å². The maximum Gasteiger partial charge on any atom is 0.244 e. The molecular formula is C14H18FN3O2. The first-order chi connectivity index (χ1) is 9.40. The van der Waals surface area contributed by atoms with Crippen molar-refractivity contribution in [1.29, 1.82) is 0 Å². The molecule has 1 aliphatic rings. The van der Waals surface area contributed by atoms with Crippen LogP contribution in [0.3, 0.4) is 0 Å². The Labute approximate surface area is 117 Å². The summed E-state index contributed by atoms with van der Waals surface area (Å²) in [7, 11) is 0. The Morgan fingerprint density at radius 1 is 1.45 bits per heavy atom. The molecule has 0 bridgehead atoms. The van der Waals surface area contributed by atoms with Crippen molar-refractivity contribution in [2.45, 2.75) is 19.4 Å². The molecule has 5 nitrogen and oxygen atoms in total. The number of anilines is 1. The van der Waals surface area contributed by atoms with E-state index in [-0.39, 0.29) is 18.1 Å². The Kier molecular flexibility index (Phi) is 4.04. The van der Waals surface area contributed by atoms with Gasteiger partial charge in [-0.2, -0.15) is 0 Å². The van der Waals surface area contributed by atoms with Gasteiger partial charge < -0.3 is 15.5 Å². The normalized spacial score (nSPS) is 17.9. The van der Waals surface area contributed by atoms with Crippen molar-refractivity contribution in [3.05, 3.63) is 30.1 Å². The van der Waals surface area contributed by atoms with Crippen molar-refractivity contribution in [2.75, 3.05) is 25.0 Å². The van der Waals surface area contributed by atoms with E-state index in [4.69, 9.17) is 0 Å². The second-order valence-corrected chi connectivity index (χ2v) is 5.31. The number of hydrogen-bond acceptors (Lipinski definition) is 3. The highest BCUT2D eigenvalue weighted by atomic mass is 19.1. The van der Waals surface area contributed by atoms with Gasteiger partial charge >= 0.3 is 0 Å². The van der Waals surface area contributed by atoms with E-state index in [0.29, 0.717) is 13.1 Å². The molecule has 2 amide bonds. The van der Waals surface area contributed by atoms with Gasteiger partial charge in [0.15, 0.2) is 0 Å². The molecule has 0 saturated carbocycles. The number of rotatable bonds is 3. The first-order valence-electron chi connectivity index (χ1n) is 6.49. The van der Waals surface area contributed by atoms with Gasteiger partial charge in [-0.15, -0.1) is 0 Å². The van der Waals surface area contributed by atoms with Crippen LogP contribution in [0.15, 0.2) is 24.3 Å². The summed E-state index contributed by atoms with van der Waals surface area (Å²) in [5.74, 6) is -1.03. The van der Waals surface area contributed by atoms with Gasteiger partial charge in [-0.3, -0.25) is 9.59 Å². The Balaban J connectivity index is 1.98. The molecule has 1 aliphatic heterocycles. The van der Waals surface area contributed by atoms with E-state index in [1.54, 1.807) is 26.0 Å². The third-order valence-electron chi connectivity index (χ3n) is 3.25. The van der Waals surface area contributed by atoms with Gasteiger partial charge in [0.25, 0.3) is 0 Å². The van der Waals surface area contributed by atoms with E-state index in [1.165, 1.54) is 17.0 Å². The number of nitrogens with one attached hydrogen (secondary N) is 2. The van der Waals surface area contributed by atoms with E-state index >= 15 is 0 Å². The summed E-state index contributed by atoms with van der Waals surface area (Å²) in [4.78, 5) is 25.5. The minimum absolute atomic E-state index is 0.0712. The summed E-state index contributed by atoms with van der Waals surface area (Å²) in [6.07, 6.45) is 0. The van der Waals surface area contributed by atoms with Crippen LogP contribution in [0.2, 0.25) is 0 Å². The fourth-order valence-corrected chi connectivity index (χ4v) is 2.15. The number of carbonyl (C=O) groups excluding carboxylic acids is 2. The molecule has 0 aromatic heterocycles. The van der Waals surface area contributed by atoms with Gasteiger partial charge in [0.2, 0.25) is 11.8 Å². The zero-order valence-corrected chi connectivity index (χ0v) is 11.6. The molecule has 20 heavy (non-hydrogen) atoms. The molecule has 2 rings (SSSR count). The number of carbonyl (C=O) groups is 2. The highest BCUT2D eigenvalue weighted by Crippen LogP contribution is 2.14. The first-order valence-corrected chi connectivity index (χ1v) is 6.49. The lowest BCUT2D eigenvalue weighted by atomic mass is 10.0. The van der Waals surface area contributed by atoms with E-state index in [1.807, 2.05) is 0 Å². The Morgan fingerprint density at radius 2 is 2.15 bits per heavy atom. The third kappa shape index (κ3) is 3.14. The number of para-hydroxylation sites is 1. The van der Waals surface area contributed by atoms with Gasteiger partial charge in [-0.1, -0.05) is 12.1 Å². The molecule has 0 aliphatic carbocycles. The lowest BCUT2D eigenvalue weighted by Crippen LogP contribution is -2.62. The Bertz CT molecular complexity index is 531. The molecule has 0 unspecified atom stereocenters. The fraction of sp³-hybridized carbons (Fsp3) is 0.429. The topological polar surface area (TPSA) is 61.4 Å². The second-order valence-electron chi connectivity index (χ2n) is 5.31. The second kappa shape index (κ2) is 5.58. The number of benzene rings is 1. The molecule has 0 radical (unpaired) electrons. The molecule has 6 heteroatoms. The standard InChI is InChI=1S/C14H18FN3O2/c1-14(2)13(20)18(8-7-16-14)9-12(19)17-11-6-4-3-5-10(11)15/h3-6,16H,7-9H2,1-2H3,(H,17,19). The van der Waals surface area contributed by atoms with Crippen molar-refractivity contribution in [2.24, 2.45) is 0 Å². The first kappa shape index (κ1) is 14.5. The van der Waals surface area contributed by atoms with Crippen LogP contribution in [0.4, 0.5) is 10.1 Å². The highest BCUT2D eigenvalue weighted by Gasteiger charge is 2.35. The van der Waals surface area contributed by atoms with Gasteiger partial charge in [0.1, 0.15) is 5.82 Å². The molecule has 0 atom stereocenters. The van der Waals surface area contributed by atoms with Crippen LogP contribution in [0, 0.1) is 5.82 Å². The maximum atomic E-state index is 13.4. The molecule has 0 spiro atoms. The largest absolute Gasteiger partial charge is 0.331 e. The summed E-state index contributed by atoms with van der Waals surface area (Å²) in [5, 5.41) is 5.56. The predicted octanol–water partition coefficient (Wildman–Crippen LogP) is 0.975. The molecule has 2 N–H and O–H groups in total. The summed E-state index contributed by atoms with van der Waals surface area (Å²) in [6, 6.07) is 5.94. The monoisotopic (exact) mass is 279 g/mol. The minimum Gasteiger partial charge on any atom is -0.331 e. The molecule has 108 valence electrons. The smallest absolute Gasteiger partial charge is 0.244 e.